The maximum Gasteiger partial charge on any atom is 0.222 e. The van der Waals surface area contributed by atoms with Crippen LogP contribution in [0, 0.1) is 11.3 Å². The summed E-state index contributed by atoms with van der Waals surface area (Å²) in [5.74, 6) is 1.18. The quantitative estimate of drug-likeness (QED) is 0.814. The van der Waals surface area contributed by atoms with Gasteiger partial charge in [0.05, 0.1) is 0 Å². The number of nitrogens with zero attached hydrogens (tertiary/aromatic N) is 2. The Bertz CT molecular complexity index is 661. The van der Waals surface area contributed by atoms with Gasteiger partial charge in [0.15, 0.2) is 0 Å². The summed E-state index contributed by atoms with van der Waals surface area (Å²) in [6.45, 7) is 6.32. The van der Waals surface area contributed by atoms with Crippen molar-refractivity contribution in [2.24, 2.45) is 11.3 Å². The number of hydrogen-bond acceptors (Lipinski definition) is 4. The molecule has 1 aliphatic carbocycles. The molecule has 0 aromatic carbocycles. The largest absolute Gasteiger partial charge is 0.343 e. The Kier molecular flexibility index (Phi) is 5.55. The van der Waals surface area contributed by atoms with Crippen LogP contribution in [0.15, 0.2) is 16.8 Å². The van der Waals surface area contributed by atoms with Crippen molar-refractivity contribution < 1.29 is 9.59 Å². The van der Waals surface area contributed by atoms with Crippen LogP contribution < -0.4 is 5.32 Å². The van der Waals surface area contributed by atoms with Crippen LogP contribution in [0.5, 0.6) is 0 Å². The lowest BCUT2D eigenvalue weighted by Gasteiger charge is -2.35. The molecule has 2 saturated heterocycles. The second-order valence-electron chi connectivity index (χ2n) is 8.64. The number of piperidine rings is 1. The molecule has 0 radical (unpaired) electrons. The molecule has 0 bridgehead atoms. The Hall–Kier alpha value is -1.40. The molecule has 27 heavy (non-hydrogen) atoms. The fourth-order valence-electron chi connectivity index (χ4n) is 4.97. The summed E-state index contributed by atoms with van der Waals surface area (Å²) in [7, 11) is 0. The van der Waals surface area contributed by atoms with Gasteiger partial charge in [-0.3, -0.25) is 9.59 Å². The van der Waals surface area contributed by atoms with Crippen molar-refractivity contribution in [1.82, 2.24) is 15.1 Å². The van der Waals surface area contributed by atoms with E-state index in [1.165, 1.54) is 12.0 Å². The van der Waals surface area contributed by atoms with Gasteiger partial charge in [0.25, 0.3) is 0 Å². The first-order chi connectivity index (χ1) is 13.1. The number of rotatable bonds is 6. The summed E-state index contributed by atoms with van der Waals surface area (Å²) >= 11 is 1.68. The summed E-state index contributed by atoms with van der Waals surface area (Å²) < 4.78 is 0. The Morgan fingerprint density at radius 2 is 2.19 bits per heavy atom. The molecule has 2 unspecified atom stereocenters. The zero-order valence-electron chi connectivity index (χ0n) is 16.3. The zero-order valence-corrected chi connectivity index (χ0v) is 17.1. The molecule has 1 aromatic rings. The molecule has 1 saturated carbocycles. The van der Waals surface area contributed by atoms with E-state index in [1.807, 2.05) is 0 Å². The van der Waals surface area contributed by atoms with E-state index in [-0.39, 0.29) is 11.3 Å². The highest BCUT2D eigenvalue weighted by molar-refractivity contribution is 7.07. The molecule has 5 nitrogen and oxygen atoms in total. The molecule has 6 heteroatoms. The van der Waals surface area contributed by atoms with Crippen LogP contribution >= 0.6 is 11.3 Å². The molecule has 2 aliphatic heterocycles. The fraction of sp³-hybridized carbons (Fsp3) is 0.714. The first-order valence-corrected chi connectivity index (χ1v) is 11.3. The van der Waals surface area contributed by atoms with Gasteiger partial charge in [-0.1, -0.05) is 0 Å². The van der Waals surface area contributed by atoms with Crippen molar-refractivity contribution in [2.75, 3.05) is 26.2 Å². The molecule has 3 heterocycles. The van der Waals surface area contributed by atoms with Crippen molar-refractivity contribution in [3.8, 4) is 0 Å². The van der Waals surface area contributed by atoms with Crippen LogP contribution in [0.1, 0.15) is 51.0 Å². The van der Waals surface area contributed by atoms with E-state index in [9.17, 15) is 9.59 Å². The average Bonchev–Trinajstić information content (AvgIpc) is 3.08. The maximum absolute atomic E-state index is 12.6. The molecule has 1 spiro atoms. The number of nitrogens with one attached hydrogen (secondary N) is 1. The molecular weight excluding hydrogens is 358 g/mol. The fourth-order valence-corrected chi connectivity index (χ4v) is 5.63. The SMILES string of the molecule is CC(=O)N(Cc1ccsc1)C1CC12CCN(C(=O)CCC1CCNC1)CC2. The third kappa shape index (κ3) is 4.21. The smallest absolute Gasteiger partial charge is 0.222 e. The number of carbonyl (C=O) groups is 2. The van der Waals surface area contributed by atoms with Crippen LogP contribution in [0.2, 0.25) is 0 Å². The Labute approximate surface area is 166 Å². The van der Waals surface area contributed by atoms with Crippen LogP contribution in [0.3, 0.4) is 0 Å². The van der Waals surface area contributed by atoms with Crippen LogP contribution in [0.4, 0.5) is 0 Å². The number of carbonyl (C=O) groups excluding carboxylic acids is 2. The Balaban J connectivity index is 1.27. The van der Waals surface area contributed by atoms with Gasteiger partial charge in [-0.2, -0.15) is 11.3 Å². The summed E-state index contributed by atoms with van der Waals surface area (Å²) in [5, 5.41) is 7.58. The first-order valence-electron chi connectivity index (χ1n) is 10.3. The topological polar surface area (TPSA) is 52.7 Å². The minimum Gasteiger partial charge on any atom is -0.343 e. The minimum atomic E-state index is 0.173. The number of hydrogen-bond donors (Lipinski definition) is 1. The molecular formula is C21H31N3O2S. The summed E-state index contributed by atoms with van der Waals surface area (Å²) in [4.78, 5) is 28.9. The van der Waals surface area contributed by atoms with E-state index < -0.39 is 0 Å². The Morgan fingerprint density at radius 3 is 2.81 bits per heavy atom. The lowest BCUT2D eigenvalue weighted by atomic mass is 9.91. The van der Waals surface area contributed by atoms with Gasteiger partial charge in [0.2, 0.25) is 11.8 Å². The molecule has 3 fully saturated rings. The molecule has 4 rings (SSSR count). The predicted octanol–water partition coefficient (Wildman–Crippen LogP) is 2.87. The van der Waals surface area contributed by atoms with Crippen molar-refractivity contribution in [3.63, 3.8) is 0 Å². The van der Waals surface area contributed by atoms with Gasteiger partial charge in [0, 0.05) is 39.0 Å². The van der Waals surface area contributed by atoms with Crippen LogP contribution in [0.25, 0.3) is 0 Å². The molecule has 2 atom stereocenters. The first kappa shape index (κ1) is 18.9. The van der Waals surface area contributed by atoms with Crippen molar-refractivity contribution in [3.05, 3.63) is 22.4 Å². The number of amides is 2. The lowest BCUT2D eigenvalue weighted by molar-refractivity contribution is -0.134. The monoisotopic (exact) mass is 389 g/mol. The summed E-state index contributed by atoms with van der Waals surface area (Å²) in [5.41, 5.74) is 1.49. The normalized spacial score (nSPS) is 26.3. The van der Waals surface area contributed by atoms with E-state index in [0.29, 0.717) is 24.3 Å². The Morgan fingerprint density at radius 1 is 1.37 bits per heavy atom. The third-order valence-electron chi connectivity index (χ3n) is 6.90. The highest BCUT2D eigenvalue weighted by Crippen LogP contribution is 2.57. The predicted molar refractivity (Wildman–Crippen MR) is 107 cm³/mol. The zero-order chi connectivity index (χ0) is 18.9. The van der Waals surface area contributed by atoms with E-state index in [0.717, 1.165) is 58.4 Å². The second kappa shape index (κ2) is 7.92. The van der Waals surface area contributed by atoms with Gasteiger partial charge in [-0.05, 0) is 78.9 Å². The molecule has 3 aliphatic rings. The summed E-state index contributed by atoms with van der Waals surface area (Å²) in [6.07, 6.45) is 6.12. The molecule has 1 aromatic heterocycles. The van der Waals surface area contributed by atoms with Crippen molar-refractivity contribution in [1.29, 1.82) is 0 Å². The third-order valence-corrected chi connectivity index (χ3v) is 7.63. The van der Waals surface area contributed by atoms with Crippen molar-refractivity contribution >= 4 is 23.2 Å². The van der Waals surface area contributed by atoms with Gasteiger partial charge < -0.3 is 15.1 Å². The molecule has 1 N–H and O–H groups in total. The number of thiophene rings is 1. The van der Waals surface area contributed by atoms with Crippen LogP contribution in [-0.4, -0.2) is 53.8 Å². The van der Waals surface area contributed by atoms with Gasteiger partial charge in [-0.15, -0.1) is 0 Å². The number of likely N-dealkylation sites (tertiary alicyclic amines) is 1. The van der Waals surface area contributed by atoms with Gasteiger partial charge in [-0.25, -0.2) is 0 Å². The highest BCUT2D eigenvalue weighted by Gasteiger charge is 2.58. The molecule has 2 amide bonds. The highest BCUT2D eigenvalue weighted by atomic mass is 32.1. The lowest BCUT2D eigenvalue weighted by Crippen LogP contribution is -2.42. The van der Waals surface area contributed by atoms with E-state index >= 15 is 0 Å². The van der Waals surface area contributed by atoms with E-state index in [2.05, 4.69) is 31.9 Å². The standard InChI is InChI=1S/C21H31N3O2S/c1-16(25)24(14-18-5-11-27-15-18)19-12-21(19)6-9-23(10-7-21)20(26)3-2-17-4-8-22-13-17/h5,11,15,17,19,22H,2-4,6-10,12-14H2,1H3. The van der Waals surface area contributed by atoms with E-state index in [1.54, 1.807) is 18.3 Å². The minimum absolute atomic E-state index is 0.173. The maximum atomic E-state index is 12.6. The summed E-state index contributed by atoms with van der Waals surface area (Å²) in [6, 6.07) is 2.47. The van der Waals surface area contributed by atoms with Crippen molar-refractivity contribution in [2.45, 2.75) is 58.0 Å². The second-order valence-corrected chi connectivity index (χ2v) is 9.42. The van der Waals surface area contributed by atoms with Gasteiger partial charge >= 0.3 is 0 Å². The average molecular weight is 390 g/mol. The van der Waals surface area contributed by atoms with Crippen LogP contribution in [-0.2, 0) is 16.1 Å². The van der Waals surface area contributed by atoms with Gasteiger partial charge in [0.1, 0.15) is 0 Å². The van der Waals surface area contributed by atoms with E-state index in [4.69, 9.17) is 0 Å². The molecule has 148 valence electrons.